The quantitative estimate of drug-likeness (QED) is 0.491. The van der Waals surface area contributed by atoms with Gasteiger partial charge in [-0.3, -0.25) is 9.69 Å². The number of piperidine rings is 1. The number of ether oxygens (including phenoxy) is 2. The predicted octanol–water partition coefficient (Wildman–Crippen LogP) is 2.70. The van der Waals surface area contributed by atoms with Crippen molar-refractivity contribution in [2.75, 3.05) is 32.6 Å². The maximum Gasteiger partial charge on any atom is 0.337 e. The number of esters is 1. The van der Waals surface area contributed by atoms with E-state index in [1.165, 1.54) is 13.4 Å². The second-order valence-electron chi connectivity index (χ2n) is 7.99. The summed E-state index contributed by atoms with van der Waals surface area (Å²) < 4.78 is 10.4. The van der Waals surface area contributed by atoms with Gasteiger partial charge in [-0.2, -0.15) is 0 Å². The molecule has 1 aromatic rings. The molecule has 3 aliphatic heterocycles. The molecule has 0 bridgehead atoms. The van der Waals surface area contributed by atoms with Crippen molar-refractivity contribution in [1.82, 2.24) is 4.90 Å². The molecule has 2 saturated heterocycles. The van der Waals surface area contributed by atoms with Gasteiger partial charge in [-0.05, 0) is 43.5 Å². The maximum absolute atomic E-state index is 13.4. The summed E-state index contributed by atoms with van der Waals surface area (Å²) in [7, 11) is 2.95. The molecule has 4 unspecified atom stereocenters. The molecule has 3 heterocycles. The molecule has 1 aromatic carbocycles. The van der Waals surface area contributed by atoms with Gasteiger partial charge in [-0.1, -0.05) is 31.5 Å². The van der Waals surface area contributed by atoms with E-state index < -0.39 is 5.41 Å². The Hall–Kier alpha value is -2.34. The molecule has 0 saturated carbocycles. The summed E-state index contributed by atoms with van der Waals surface area (Å²) in [6.07, 6.45) is 4.21. The second kappa shape index (κ2) is 7.24. The van der Waals surface area contributed by atoms with E-state index in [1.54, 1.807) is 7.11 Å². The van der Waals surface area contributed by atoms with Crippen LogP contribution in [-0.4, -0.2) is 50.1 Å². The van der Waals surface area contributed by atoms with Gasteiger partial charge in [0.2, 0.25) is 5.91 Å². The van der Waals surface area contributed by atoms with Crippen LogP contribution < -0.4 is 5.32 Å². The molecule has 0 aliphatic carbocycles. The molecule has 0 radical (unpaired) electrons. The zero-order chi connectivity index (χ0) is 19.9. The number of carbonyl (C=O) groups is 2. The normalized spacial score (nSPS) is 32.0. The molecule has 1 spiro atoms. The van der Waals surface area contributed by atoms with Crippen molar-refractivity contribution in [1.29, 1.82) is 0 Å². The van der Waals surface area contributed by atoms with E-state index in [4.69, 9.17) is 9.47 Å². The van der Waals surface area contributed by atoms with E-state index in [9.17, 15) is 9.59 Å². The fourth-order valence-corrected chi connectivity index (χ4v) is 5.74. The Morgan fingerprint density at radius 2 is 2.11 bits per heavy atom. The highest BCUT2D eigenvalue weighted by atomic mass is 16.5. The van der Waals surface area contributed by atoms with Crippen molar-refractivity contribution >= 4 is 17.6 Å². The number of rotatable bonds is 4. The molecule has 1 N–H and O–H groups in total. The van der Waals surface area contributed by atoms with Crippen LogP contribution in [0.2, 0.25) is 0 Å². The van der Waals surface area contributed by atoms with Crippen molar-refractivity contribution in [3.63, 3.8) is 0 Å². The first-order valence-electron chi connectivity index (χ1n) is 10.0. The van der Waals surface area contributed by atoms with E-state index >= 15 is 0 Å². The molecule has 28 heavy (non-hydrogen) atoms. The SMILES string of the molecule is CCC1CCN2CCC3(C(=O)Nc4ccccc43)C2C1C(=COC)C(=O)OC. The summed E-state index contributed by atoms with van der Waals surface area (Å²) in [5.41, 5.74) is 1.83. The number of methoxy groups -OCH3 is 2. The van der Waals surface area contributed by atoms with Crippen molar-refractivity contribution in [2.24, 2.45) is 11.8 Å². The van der Waals surface area contributed by atoms with Crippen LogP contribution in [0.1, 0.15) is 31.7 Å². The Labute approximate surface area is 165 Å². The standard InChI is InChI=1S/C22H28N2O4/c1-4-14-9-11-24-12-10-22(16-7-5-6-8-17(16)23-21(22)26)19(24)18(14)15(13-27-2)20(25)28-3/h5-8,13-14,18-19H,4,9-12H2,1-3H3,(H,23,26). The van der Waals surface area contributed by atoms with Crippen molar-refractivity contribution < 1.29 is 19.1 Å². The van der Waals surface area contributed by atoms with Crippen LogP contribution in [0.3, 0.4) is 0 Å². The highest BCUT2D eigenvalue weighted by Crippen LogP contribution is 2.55. The summed E-state index contributed by atoms with van der Waals surface area (Å²) in [4.78, 5) is 28.5. The van der Waals surface area contributed by atoms with Crippen molar-refractivity contribution in [3.8, 4) is 0 Å². The fourth-order valence-electron chi connectivity index (χ4n) is 5.74. The average molecular weight is 384 g/mol. The summed E-state index contributed by atoms with van der Waals surface area (Å²) in [6, 6.07) is 7.87. The molecule has 1 amide bonds. The van der Waals surface area contributed by atoms with E-state index in [-0.39, 0.29) is 29.8 Å². The lowest BCUT2D eigenvalue weighted by Gasteiger charge is -2.47. The van der Waals surface area contributed by atoms with Gasteiger partial charge in [0, 0.05) is 17.6 Å². The molecule has 6 nitrogen and oxygen atoms in total. The van der Waals surface area contributed by atoms with Gasteiger partial charge in [-0.25, -0.2) is 4.79 Å². The number of carbonyl (C=O) groups excluding carboxylic acids is 2. The summed E-state index contributed by atoms with van der Waals surface area (Å²) in [5, 5.41) is 3.10. The highest BCUT2D eigenvalue weighted by molar-refractivity contribution is 6.07. The minimum atomic E-state index is -0.643. The molecular formula is C22H28N2O4. The predicted molar refractivity (Wildman–Crippen MR) is 106 cm³/mol. The van der Waals surface area contributed by atoms with Gasteiger partial charge in [0.05, 0.1) is 31.5 Å². The number of amides is 1. The maximum atomic E-state index is 13.4. The fraction of sp³-hybridized carbons (Fsp3) is 0.545. The first kappa shape index (κ1) is 19.0. The van der Waals surface area contributed by atoms with E-state index in [2.05, 4.69) is 23.2 Å². The summed E-state index contributed by atoms with van der Waals surface area (Å²) in [6.45, 7) is 3.94. The molecule has 3 aliphatic rings. The van der Waals surface area contributed by atoms with Crippen LogP contribution in [0.15, 0.2) is 36.1 Å². The van der Waals surface area contributed by atoms with Gasteiger partial charge in [0.1, 0.15) is 0 Å². The lowest BCUT2D eigenvalue weighted by Crippen LogP contribution is -2.57. The minimum absolute atomic E-state index is 0.0459. The van der Waals surface area contributed by atoms with Gasteiger partial charge < -0.3 is 14.8 Å². The zero-order valence-corrected chi connectivity index (χ0v) is 16.7. The van der Waals surface area contributed by atoms with Crippen LogP contribution in [0.25, 0.3) is 0 Å². The molecule has 150 valence electrons. The van der Waals surface area contributed by atoms with E-state index in [1.807, 2.05) is 18.2 Å². The lowest BCUT2D eigenvalue weighted by molar-refractivity contribution is -0.138. The zero-order valence-electron chi connectivity index (χ0n) is 16.7. The Kier molecular flexibility index (Phi) is 4.91. The summed E-state index contributed by atoms with van der Waals surface area (Å²) in [5.74, 6) is -0.159. The first-order valence-corrected chi connectivity index (χ1v) is 10.0. The summed E-state index contributed by atoms with van der Waals surface area (Å²) >= 11 is 0. The van der Waals surface area contributed by atoms with Crippen molar-refractivity contribution in [3.05, 3.63) is 41.7 Å². The van der Waals surface area contributed by atoms with Crippen LogP contribution in [0.4, 0.5) is 5.69 Å². The Morgan fingerprint density at radius 1 is 1.32 bits per heavy atom. The third-order valence-corrected chi connectivity index (χ3v) is 6.94. The second-order valence-corrected chi connectivity index (χ2v) is 7.99. The molecule has 4 atom stereocenters. The van der Waals surface area contributed by atoms with Gasteiger partial charge >= 0.3 is 5.97 Å². The van der Waals surface area contributed by atoms with E-state index in [0.717, 1.165) is 43.6 Å². The Balaban J connectivity index is 1.88. The lowest BCUT2D eigenvalue weighted by atomic mass is 9.63. The molecule has 4 rings (SSSR count). The minimum Gasteiger partial charge on any atom is -0.504 e. The number of benzene rings is 1. The third-order valence-electron chi connectivity index (χ3n) is 6.94. The number of fused-ring (bicyclic) bond motifs is 4. The molecule has 0 aromatic heterocycles. The molecular weight excluding hydrogens is 356 g/mol. The number of para-hydroxylation sites is 1. The molecule has 6 heteroatoms. The van der Waals surface area contributed by atoms with Crippen molar-refractivity contribution in [2.45, 2.75) is 37.6 Å². The number of nitrogens with one attached hydrogen (secondary N) is 1. The highest BCUT2D eigenvalue weighted by Gasteiger charge is 2.62. The topological polar surface area (TPSA) is 67.9 Å². The van der Waals surface area contributed by atoms with Crippen LogP contribution in [0.5, 0.6) is 0 Å². The van der Waals surface area contributed by atoms with Crippen LogP contribution in [-0.2, 0) is 24.5 Å². The van der Waals surface area contributed by atoms with Crippen LogP contribution in [0, 0.1) is 11.8 Å². The largest absolute Gasteiger partial charge is 0.504 e. The first-order chi connectivity index (χ1) is 13.6. The van der Waals surface area contributed by atoms with E-state index in [0.29, 0.717) is 5.57 Å². The molecule has 2 fully saturated rings. The third kappa shape index (κ3) is 2.58. The number of anilines is 1. The number of hydrogen-bond donors (Lipinski definition) is 1. The smallest absolute Gasteiger partial charge is 0.337 e. The number of hydrogen-bond acceptors (Lipinski definition) is 5. The van der Waals surface area contributed by atoms with Gasteiger partial charge in [0.25, 0.3) is 0 Å². The average Bonchev–Trinajstić information content (AvgIpc) is 3.24. The number of nitrogens with zero attached hydrogens (tertiary/aromatic N) is 1. The Morgan fingerprint density at radius 3 is 2.82 bits per heavy atom. The van der Waals surface area contributed by atoms with Gasteiger partial charge in [0.15, 0.2) is 0 Å². The Bertz CT molecular complexity index is 821. The monoisotopic (exact) mass is 384 g/mol. The van der Waals surface area contributed by atoms with Gasteiger partial charge in [-0.15, -0.1) is 0 Å². The van der Waals surface area contributed by atoms with Crippen LogP contribution >= 0.6 is 0 Å².